The van der Waals surface area contributed by atoms with E-state index < -0.39 is 0 Å². The van der Waals surface area contributed by atoms with Crippen LogP contribution in [0.2, 0.25) is 0 Å². The molecular formula is C17H26N4. The summed E-state index contributed by atoms with van der Waals surface area (Å²) in [5.74, 6) is 1.12. The lowest BCUT2D eigenvalue weighted by atomic mass is 10.1. The van der Waals surface area contributed by atoms with Gasteiger partial charge in [0.15, 0.2) is 0 Å². The molecule has 0 unspecified atom stereocenters. The van der Waals surface area contributed by atoms with Crippen molar-refractivity contribution in [2.75, 3.05) is 19.6 Å². The quantitative estimate of drug-likeness (QED) is 0.811. The van der Waals surface area contributed by atoms with Crippen LogP contribution < -0.4 is 5.73 Å². The molecule has 0 saturated heterocycles. The van der Waals surface area contributed by atoms with E-state index in [-0.39, 0.29) is 0 Å². The molecule has 1 aromatic heterocycles. The zero-order valence-corrected chi connectivity index (χ0v) is 13.1. The molecule has 0 spiro atoms. The molecule has 0 amide bonds. The van der Waals surface area contributed by atoms with E-state index in [4.69, 9.17) is 5.73 Å². The summed E-state index contributed by atoms with van der Waals surface area (Å²) in [6, 6.07) is 11.0. The first kappa shape index (κ1) is 15.7. The van der Waals surface area contributed by atoms with Crippen LogP contribution in [0.25, 0.3) is 0 Å². The summed E-state index contributed by atoms with van der Waals surface area (Å²) in [5.41, 5.74) is 7.12. The molecule has 2 rings (SSSR count). The number of imidazole rings is 1. The van der Waals surface area contributed by atoms with Crippen molar-refractivity contribution < 1.29 is 0 Å². The van der Waals surface area contributed by atoms with Gasteiger partial charge in [-0.15, -0.1) is 0 Å². The van der Waals surface area contributed by atoms with E-state index in [1.165, 1.54) is 5.56 Å². The summed E-state index contributed by atoms with van der Waals surface area (Å²) in [6.07, 6.45) is 4.98. The topological polar surface area (TPSA) is 47.1 Å². The van der Waals surface area contributed by atoms with Crippen LogP contribution in [0, 0.1) is 0 Å². The summed E-state index contributed by atoms with van der Waals surface area (Å²) in [7, 11) is 0. The molecule has 1 heterocycles. The maximum Gasteiger partial charge on any atom is 0.123 e. The van der Waals surface area contributed by atoms with Crippen molar-refractivity contribution in [1.29, 1.82) is 0 Å². The first-order valence-electron chi connectivity index (χ1n) is 7.68. The molecule has 0 fully saturated rings. The molecule has 1 aromatic carbocycles. The number of hydrogen-bond acceptors (Lipinski definition) is 3. The predicted molar refractivity (Wildman–Crippen MR) is 87.1 cm³/mol. The third-order valence-corrected chi connectivity index (χ3v) is 3.68. The van der Waals surface area contributed by atoms with Crippen molar-refractivity contribution in [1.82, 2.24) is 14.5 Å². The minimum absolute atomic E-state index is 0.441. The number of benzene rings is 1. The van der Waals surface area contributed by atoms with Gasteiger partial charge in [-0.1, -0.05) is 30.3 Å². The Hall–Kier alpha value is -1.65. The molecule has 0 aliphatic heterocycles. The van der Waals surface area contributed by atoms with E-state index in [1.807, 2.05) is 6.20 Å². The van der Waals surface area contributed by atoms with Gasteiger partial charge in [0.1, 0.15) is 5.82 Å². The van der Waals surface area contributed by atoms with Gasteiger partial charge in [0.2, 0.25) is 0 Å². The highest BCUT2D eigenvalue weighted by molar-refractivity contribution is 5.14. The molecule has 2 N–H and O–H groups in total. The lowest BCUT2D eigenvalue weighted by Gasteiger charge is -2.22. The van der Waals surface area contributed by atoms with E-state index in [1.54, 1.807) is 0 Å². The van der Waals surface area contributed by atoms with Gasteiger partial charge >= 0.3 is 0 Å². The Morgan fingerprint density at radius 1 is 1.19 bits per heavy atom. The SMILES string of the molecule is CC(C)n1ccnc1CN(CCN)CCc1ccccc1. The van der Waals surface area contributed by atoms with Crippen molar-refractivity contribution in [2.45, 2.75) is 32.9 Å². The van der Waals surface area contributed by atoms with Crippen molar-refractivity contribution in [2.24, 2.45) is 5.73 Å². The molecule has 2 aromatic rings. The minimum atomic E-state index is 0.441. The highest BCUT2D eigenvalue weighted by Crippen LogP contribution is 2.11. The molecular weight excluding hydrogens is 260 g/mol. The zero-order chi connectivity index (χ0) is 15.1. The molecule has 4 heteroatoms. The van der Waals surface area contributed by atoms with Crippen LogP contribution in [0.1, 0.15) is 31.3 Å². The Kier molecular flexibility index (Phi) is 5.96. The van der Waals surface area contributed by atoms with Crippen LogP contribution in [-0.4, -0.2) is 34.1 Å². The van der Waals surface area contributed by atoms with Gasteiger partial charge in [-0.25, -0.2) is 4.98 Å². The largest absolute Gasteiger partial charge is 0.331 e. The third kappa shape index (κ3) is 4.69. The van der Waals surface area contributed by atoms with E-state index >= 15 is 0 Å². The van der Waals surface area contributed by atoms with Crippen molar-refractivity contribution in [3.63, 3.8) is 0 Å². The smallest absolute Gasteiger partial charge is 0.123 e. The Labute approximate surface area is 127 Å². The molecule has 21 heavy (non-hydrogen) atoms. The maximum atomic E-state index is 5.76. The van der Waals surface area contributed by atoms with Crippen LogP contribution in [0.3, 0.4) is 0 Å². The Morgan fingerprint density at radius 2 is 1.95 bits per heavy atom. The monoisotopic (exact) mass is 286 g/mol. The molecule has 0 aliphatic rings. The first-order chi connectivity index (χ1) is 10.2. The summed E-state index contributed by atoms with van der Waals surface area (Å²) in [5, 5.41) is 0. The number of hydrogen-bond donors (Lipinski definition) is 1. The van der Waals surface area contributed by atoms with Gasteiger partial charge in [-0.05, 0) is 25.8 Å². The fourth-order valence-corrected chi connectivity index (χ4v) is 2.52. The lowest BCUT2D eigenvalue weighted by Crippen LogP contribution is -2.32. The van der Waals surface area contributed by atoms with Crippen LogP contribution in [0.5, 0.6) is 0 Å². The second-order valence-electron chi connectivity index (χ2n) is 5.64. The normalized spacial score (nSPS) is 11.5. The number of aromatic nitrogens is 2. The Bertz CT molecular complexity index is 519. The third-order valence-electron chi connectivity index (χ3n) is 3.68. The molecule has 0 saturated carbocycles. The summed E-state index contributed by atoms with van der Waals surface area (Å²) in [6.45, 7) is 7.81. The maximum absolute atomic E-state index is 5.76. The second kappa shape index (κ2) is 7.96. The zero-order valence-electron chi connectivity index (χ0n) is 13.1. The minimum Gasteiger partial charge on any atom is -0.331 e. The Morgan fingerprint density at radius 3 is 2.62 bits per heavy atom. The fourth-order valence-electron chi connectivity index (χ4n) is 2.52. The van der Waals surface area contributed by atoms with Crippen molar-refractivity contribution >= 4 is 0 Å². The highest BCUT2D eigenvalue weighted by atomic mass is 15.2. The molecule has 0 aliphatic carbocycles. The summed E-state index contributed by atoms with van der Waals surface area (Å²) >= 11 is 0. The molecule has 0 atom stereocenters. The van der Waals surface area contributed by atoms with Gasteiger partial charge in [-0.2, -0.15) is 0 Å². The fraction of sp³-hybridized carbons (Fsp3) is 0.471. The predicted octanol–water partition coefficient (Wildman–Crippen LogP) is 2.47. The number of nitrogens with two attached hydrogens (primary N) is 1. The average molecular weight is 286 g/mol. The molecule has 0 radical (unpaired) electrons. The van der Waals surface area contributed by atoms with Crippen LogP contribution in [0.15, 0.2) is 42.7 Å². The highest BCUT2D eigenvalue weighted by Gasteiger charge is 2.11. The number of rotatable bonds is 8. The van der Waals surface area contributed by atoms with Gasteiger partial charge in [-0.3, -0.25) is 4.90 Å². The van der Waals surface area contributed by atoms with Gasteiger partial charge in [0, 0.05) is 38.1 Å². The summed E-state index contributed by atoms with van der Waals surface area (Å²) in [4.78, 5) is 6.88. The second-order valence-corrected chi connectivity index (χ2v) is 5.64. The summed E-state index contributed by atoms with van der Waals surface area (Å²) < 4.78 is 2.23. The van der Waals surface area contributed by atoms with Gasteiger partial charge in [0.05, 0.1) is 6.54 Å². The van der Waals surface area contributed by atoms with Crippen molar-refractivity contribution in [3.8, 4) is 0 Å². The first-order valence-corrected chi connectivity index (χ1v) is 7.68. The average Bonchev–Trinajstić information content (AvgIpc) is 2.94. The van der Waals surface area contributed by atoms with Gasteiger partial charge < -0.3 is 10.3 Å². The van der Waals surface area contributed by atoms with Gasteiger partial charge in [0.25, 0.3) is 0 Å². The van der Waals surface area contributed by atoms with Crippen LogP contribution in [0.4, 0.5) is 0 Å². The van der Waals surface area contributed by atoms with E-state index in [0.29, 0.717) is 12.6 Å². The standard InChI is InChI=1S/C17H26N4/c1-15(2)21-13-10-19-17(21)14-20(12-9-18)11-8-16-6-4-3-5-7-16/h3-7,10,13,15H,8-9,11-12,14,18H2,1-2H3. The molecule has 4 nitrogen and oxygen atoms in total. The van der Waals surface area contributed by atoms with Crippen molar-refractivity contribution in [3.05, 3.63) is 54.1 Å². The molecule has 0 bridgehead atoms. The Balaban J connectivity index is 1.97. The van der Waals surface area contributed by atoms with E-state index in [0.717, 1.165) is 31.9 Å². The lowest BCUT2D eigenvalue weighted by molar-refractivity contribution is 0.263. The van der Waals surface area contributed by atoms with Crippen LogP contribution >= 0.6 is 0 Å². The number of nitrogens with zero attached hydrogens (tertiary/aromatic N) is 3. The van der Waals surface area contributed by atoms with Crippen LogP contribution in [-0.2, 0) is 13.0 Å². The van der Waals surface area contributed by atoms with E-state index in [9.17, 15) is 0 Å². The van der Waals surface area contributed by atoms with E-state index in [2.05, 4.69) is 64.8 Å². The molecule has 114 valence electrons.